The molecule has 9 nitrogen and oxygen atoms in total. The van der Waals surface area contributed by atoms with E-state index in [1.165, 1.54) is 65.9 Å². The Balaban J connectivity index is 0.000000157. The summed E-state index contributed by atoms with van der Waals surface area (Å²) >= 11 is 5.99. The van der Waals surface area contributed by atoms with Crippen LogP contribution in [0.25, 0.3) is 22.3 Å². The molecule has 15 heteroatoms. The highest BCUT2D eigenvalue weighted by molar-refractivity contribution is 8.13. The lowest BCUT2D eigenvalue weighted by molar-refractivity contribution is 0.312. The fourth-order valence-corrected chi connectivity index (χ4v) is 7.40. The molecule has 4 aromatic carbocycles. The van der Waals surface area contributed by atoms with Gasteiger partial charge in [-0.25, -0.2) is 17.6 Å². The van der Waals surface area contributed by atoms with E-state index in [9.17, 15) is 17.6 Å². The summed E-state index contributed by atoms with van der Waals surface area (Å²) in [6, 6.07) is 18.3. The minimum Gasteiger partial charge on any atom is -0.493 e. The number of nitrogens with two attached hydrogens (primary N) is 2. The summed E-state index contributed by atoms with van der Waals surface area (Å²) < 4.78 is 73.4. The lowest BCUT2D eigenvalue weighted by Crippen LogP contribution is -2.29. The molecule has 8 rings (SSSR count). The van der Waals surface area contributed by atoms with Crippen LogP contribution in [0.5, 0.6) is 23.0 Å². The average molecular weight is 891 g/mol. The fraction of sp³-hybridized carbons (Fsp3) is 0.277. The summed E-state index contributed by atoms with van der Waals surface area (Å²) in [5.74, 6) is 1.98. The molecule has 328 valence electrons. The second-order valence-electron chi connectivity index (χ2n) is 13.9. The third-order valence-electron chi connectivity index (χ3n) is 9.66. The Kier molecular flexibility index (Phi) is 18.3. The van der Waals surface area contributed by atoms with Crippen molar-refractivity contribution in [1.82, 2.24) is 5.32 Å². The minimum atomic E-state index is -0.297. The third kappa shape index (κ3) is 14.1. The van der Waals surface area contributed by atoms with Gasteiger partial charge in [-0.3, -0.25) is 5.41 Å². The number of hydrogen-bond acceptors (Lipinski definition) is 8. The number of allylic oxidation sites excluding steroid dienone is 1. The molecule has 0 atom stereocenters. The largest absolute Gasteiger partial charge is 0.493 e. The molecule has 7 N–H and O–H groups in total. The molecule has 0 amide bonds. The number of aliphatic hydroxyl groups excluding tert-OH is 1. The fourth-order valence-electron chi connectivity index (χ4n) is 6.86. The number of thioether (sulfide) groups is 1. The molecule has 0 saturated carbocycles. The molecule has 4 aromatic rings. The van der Waals surface area contributed by atoms with Crippen molar-refractivity contribution in [1.29, 1.82) is 5.41 Å². The zero-order chi connectivity index (χ0) is 44.4. The van der Waals surface area contributed by atoms with Gasteiger partial charge in [0, 0.05) is 84.5 Å². The number of halogens is 4. The van der Waals surface area contributed by atoms with E-state index in [4.69, 9.17) is 53.1 Å². The van der Waals surface area contributed by atoms with Crippen LogP contribution in [0.4, 0.5) is 17.6 Å². The maximum absolute atomic E-state index is 13.0. The summed E-state index contributed by atoms with van der Waals surface area (Å²) in [6.45, 7) is 5.01. The number of thiocarbonyl (C=S) groups is 1. The van der Waals surface area contributed by atoms with Gasteiger partial charge in [0.15, 0.2) is 10.3 Å². The topological polar surface area (TPSA) is 145 Å². The van der Waals surface area contributed by atoms with E-state index >= 15 is 0 Å². The lowest BCUT2D eigenvalue weighted by atomic mass is 9.99. The van der Waals surface area contributed by atoms with Crippen LogP contribution in [0.2, 0.25) is 0 Å². The number of amidine groups is 1. The molecule has 62 heavy (non-hydrogen) atoms. The molecule has 0 bridgehead atoms. The van der Waals surface area contributed by atoms with Gasteiger partial charge in [0.25, 0.3) is 0 Å². The Morgan fingerprint density at radius 2 is 0.984 bits per heavy atom. The minimum absolute atomic E-state index is 0.00610. The van der Waals surface area contributed by atoms with E-state index in [1.54, 1.807) is 30.3 Å². The molecule has 4 heterocycles. The third-order valence-corrected chi connectivity index (χ3v) is 10.4. The van der Waals surface area contributed by atoms with Crippen molar-refractivity contribution in [3.05, 3.63) is 143 Å². The molecule has 0 fully saturated rings. The first kappa shape index (κ1) is 47.3. The second kappa shape index (κ2) is 24.0. The van der Waals surface area contributed by atoms with Gasteiger partial charge in [-0.15, -0.1) is 0 Å². The molecular weight excluding hydrogens is 841 g/mol. The van der Waals surface area contributed by atoms with Gasteiger partial charge in [0.05, 0.1) is 33.0 Å². The average Bonchev–Trinajstić information content (AvgIpc) is 3.24. The number of hydrogen-bond donors (Lipinski definition) is 5. The van der Waals surface area contributed by atoms with Crippen molar-refractivity contribution in [3.63, 3.8) is 0 Å². The van der Waals surface area contributed by atoms with Crippen molar-refractivity contribution >= 4 is 56.6 Å². The van der Waals surface area contributed by atoms with Crippen molar-refractivity contribution in [3.8, 4) is 23.0 Å². The molecule has 0 spiro atoms. The van der Waals surface area contributed by atoms with Gasteiger partial charge < -0.3 is 40.8 Å². The van der Waals surface area contributed by atoms with Crippen LogP contribution in [0, 0.1) is 28.7 Å². The smallest absolute Gasteiger partial charge is 0.163 e. The van der Waals surface area contributed by atoms with Crippen LogP contribution in [-0.2, 0) is 0 Å². The van der Waals surface area contributed by atoms with Crippen LogP contribution in [0.3, 0.4) is 0 Å². The molecule has 0 unspecified atom stereocenters. The maximum atomic E-state index is 13.0. The molecule has 4 aliphatic heterocycles. The Labute approximate surface area is 369 Å². The number of rotatable bonds is 6. The predicted octanol–water partition coefficient (Wildman–Crippen LogP) is 9.83. The zero-order valence-electron chi connectivity index (χ0n) is 34.3. The monoisotopic (exact) mass is 890 g/mol. The molecule has 0 aromatic heterocycles. The van der Waals surface area contributed by atoms with Gasteiger partial charge in [-0.2, -0.15) is 0 Å². The van der Waals surface area contributed by atoms with E-state index in [-0.39, 0.29) is 40.2 Å². The second-order valence-corrected chi connectivity index (χ2v) is 15.4. The number of benzene rings is 4. The summed E-state index contributed by atoms with van der Waals surface area (Å²) in [4.78, 5) is 0. The van der Waals surface area contributed by atoms with E-state index in [2.05, 4.69) is 18.3 Å². The van der Waals surface area contributed by atoms with Gasteiger partial charge in [-0.05, 0) is 89.5 Å². The SMILES string of the molecule is CC/C=C1\CCOc2cc(F)ccc21.N=C(N)SC/C=C1\CCOc2cc(F)ccc21.NC(=S)NC/C=C1\CCOc2cc(F)ccc21.OC/C=C1\CCOc2cc(F)ccc21. The Morgan fingerprint density at radius 1 is 0.629 bits per heavy atom. The maximum Gasteiger partial charge on any atom is 0.163 e. The number of aliphatic hydroxyl groups is 1. The predicted molar refractivity (Wildman–Crippen MR) is 244 cm³/mol. The standard InChI is InChI=1S/2C12H13FN2OS.C12H13FO.C11H11FO2/c13-9-1-2-10-8(4-6-17-12(14)15)3-5-16-11(10)7-9;13-9-1-2-10-8(3-5-15-12(14)17)4-6-16-11(10)7-9;1-2-3-9-6-7-14-12-8-10(13)4-5-11(9)12;12-9-1-2-10-8(3-5-13)4-6-14-11(10)7-9/h1-2,4,7H,3,5-6H2,(H3,14,15);1-3,7H,4-6H2,(H3,14,15,17);3-5,8H,2,6-7H2,1H3;1-3,7,13H,4-6H2/b8-4+;8-3+;9-3+;8-3+. The van der Waals surface area contributed by atoms with Gasteiger partial charge in [-0.1, -0.05) is 43.0 Å². The Hall–Kier alpha value is -5.77. The normalized spacial score (nSPS) is 16.9. The van der Waals surface area contributed by atoms with Crippen LogP contribution in [0.15, 0.2) is 97.1 Å². The van der Waals surface area contributed by atoms with Crippen molar-refractivity contribution in [2.24, 2.45) is 11.5 Å². The molecule has 0 aliphatic carbocycles. The van der Waals surface area contributed by atoms with Gasteiger partial charge in [0.2, 0.25) is 0 Å². The summed E-state index contributed by atoms with van der Waals surface area (Å²) in [6.07, 6.45) is 12.2. The number of nitrogens with one attached hydrogen (secondary N) is 2. The quantitative estimate of drug-likeness (QED) is 0.0549. The highest BCUT2D eigenvalue weighted by Crippen LogP contribution is 2.36. The Morgan fingerprint density at radius 3 is 1.32 bits per heavy atom. The van der Waals surface area contributed by atoms with Crippen molar-refractivity contribution in [2.45, 2.75) is 39.0 Å². The van der Waals surface area contributed by atoms with Crippen LogP contribution < -0.4 is 35.7 Å². The van der Waals surface area contributed by atoms with Crippen molar-refractivity contribution in [2.75, 3.05) is 45.3 Å². The lowest BCUT2D eigenvalue weighted by Gasteiger charge is -2.20. The number of ether oxygens (including phenoxy) is 4. The Bertz CT molecular complexity index is 2170. The first-order valence-corrected chi connectivity index (χ1v) is 21.4. The molecular formula is C47H50F4N4O5S2. The van der Waals surface area contributed by atoms with E-state index < -0.39 is 0 Å². The molecule has 0 saturated heterocycles. The van der Waals surface area contributed by atoms with Gasteiger partial charge in [0.1, 0.15) is 46.3 Å². The molecule has 0 radical (unpaired) electrons. The van der Waals surface area contributed by atoms with Gasteiger partial charge >= 0.3 is 0 Å². The first-order chi connectivity index (χ1) is 29.9. The van der Waals surface area contributed by atoms with Crippen LogP contribution in [0.1, 0.15) is 61.3 Å². The van der Waals surface area contributed by atoms with Crippen LogP contribution in [-0.4, -0.2) is 60.7 Å². The zero-order valence-corrected chi connectivity index (χ0v) is 35.9. The summed E-state index contributed by atoms with van der Waals surface area (Å²) in [5, 5.41) is 19.2. The van der Waals surface area contributed by atoms with Crippen molar-refractivity contribution < 1.29 is 41.6 Å². The summed E-state index contributed by atoms with van der Waals surface area (Å²) in [7, 11) is 0. The highest BCUT2D eigenvalue weighted by atomic mass is 32.2. The number of fused-ring (bicyclic) bond motifs is 4. The summed E-state index contributed by atoms with van der Waals surface area (Å²) in [5.41, 5.74) is 18.9. The van der Waals surface area contributed by atoms with Crippen LogP contribution >= 0.6 is 24.0 Å². The molecule has 4 aliphatic rings. The van der Waals surface area contributed by atoms with E-state index in [0.717, 1.165) is 71.1 Å². The van der Waals surface area contributed by atoms with E-state index in [0.29, 0.717) is 61.7 Å². The highest BCUT2D eigenvalue weighted by Gasteiger charge is 2.18. The van der Waals surface area contributed by atoms with E-state index in [1.807, 2.05) is 12.2 Å². The first-order valence-electron chi connectivity index (χ1n) is 20.0.